The van der Waals surface area contributed by atoms with Gasteiger partial charge in [0, 0.05) is 32.9 Å². The fourth-order valence-electron chi connectivity index (χ4n) is 2.41. The lowest BCUT2D eigenvalue weighted by Gasteiger charge is -2.22. The second-order valence-corrected chi connectivity index (χ2v) is 6.06. The van der Waals surface area contributed by atoms with Gasteiger partial charge >= 0.3 is 5.97 Å². The lowest BCUT2D eigenvalue weighted by Crippen LogP contribution is -2.41. The van der Waals surface area contributed by atoms with Crippen LogP contribution in [0, 0.1) is 5.92 Å². The molecular formula is C15H23N3O4. The Bertz CT molecular complexity index is 533. The van der Waals surface area contributed by atoms with Crippen molar-refractivity contribution in [1.29, 1.82) is 0 Å². The van der Waals surface area contributed by atoms with E-state index in [2.05, 4.69) is 10.4 Å². The quantitative estimate of drug-likeness (QED) is 0.835. The highest BCUT2D eigenvalue weighted by molar-refractivity contribution is 5.97. The van der Waals surface area contributed by atoms with E-state index in [1.54, 1.807) is 26.2 Å². The number of anilines is 1. The number of hydrogen-bond donors (Lipinski definition) is 1. The highest BCUT2D eigenvalue weighted by Gasteiger charge is 2.31. The standard InChI is InChI=1S/C15H23N3O4/c1-11(19)22-15(2,3)14(20)17-13-8-16-18(10-13)9-12-4-6-21-7-5-12/h8,10,12H,4-7,9H2,1-3H3,(H,17,20). The molecule has 0 saturated carbocycles. The van der Waals surface area contributed by atoms with E-state index in [9.17, 15) is 9.59 Å². The molecule has 0 unspecified atom stereocenters. The number of rotatable bonds is 5. The van der Waals surface area contributed by atoms with Crippen LogP contribution in [0.2, 0.25) is 0 Å². The summed E-state index contributed by atoms with van der Waals surface area (Å²) >= 11 is 0. The molecule has 0 radical (unpaired) electrons. The first-order chi connectivity index (χ1) is 10.4. The van der Waals surface area contributed by atoms with Gasteiger partial charge in [0.1, 0.15) is 0 Å². The maximum absolute atomic E-state index is 12.1. The molecule has 0 aromatic carbocycles. The van der Waals surface area contributed by atoms with Gasteiger partial charge in [0.15, 0.2) is 5.60 Å². The van der Waals surface area contributed by atoms with Crippen molar-refractivity contribution in [2.45, 2.75) is 45.8 Å². The van der Waals surface area contributed by atoms with Crippen LogP contribution in [0.4, 0.5) is 5.69 Å². The molecule has 1 fully saturated rings. The maximum atomic E-state index is 12.1. The molecule has 122 valence electrons. The van der Waals surface area contributed by atoms with E-state index in [0.717, 1.165) is 32.6 Å². The van der Waals surface area contributed by atoms with Crippen LogP contribution in [0.3, 0.4) is 0 Å². The molecular weight excluding hydrogens is 286 g/mol. The van der Waals surface area contributed by atoms with E-state index < -0.39 is 11.6 Å². The Labute approximate surface area is 130 Å². The molecule has 1 saturated heterocycles. The van der Waals surface area contributed by atoms with Gasteiger partial charge < -0.3 is 14.8 Å². The van der Waals surface area contributed by atoms with E-state index in [1.807, 2.05) is 4.68 Å². The second kappa shape index (κ2) is 6.91. The molecule has 1 aromatic heterocycles. The normalized spacial score (nSPS) is 16.3. The van der Waals surface area contributed by atoms with Gasteiger partial charge in [-0.05, 0) is 32.6 Å². The summed E-state index contributed by atoms with van der Waals surface area (Å²) in [6, 6.07) is 0. The first kappa shape index (κ1) is 16.5. The van der Waals surface area contributed by atoms with Gasteiger partial charge in [-0.3, -0.25) is 14.3 Å². The van der Waals surface area contributed by atoms with Crippen LogP contribution in [0.1, 0.15) is 33.6 Å². The number of esters is 1. The van der Waals surface area contributed by atoms with Crippen LogP contribution < -0.4 is 5.32 Å². The molecule has 1 N–H and O–H groups in total. The fraction of sp³-hybridized carbons (Fsp3) is 0.667. The smallest absolute Gasteiger partial charge is 0.303 e. The molecule has 2 heterocycles. The van der Waals surface area contributed by atoms with E-state index in [4.69, 9.17) is 9.47 Å². The Hall–Kier alpha value is -1.89. The number of amides is 1. The predicted molar refractivity (Wildman–Crippen MR) is 80.2 cm³/mol. The minimum Gasteiger partial charge on any atom is -0.450 e. The maximum Gasteiger partial charge on any atom is 0.303 e. The largest absolute Gasteiger partial charge is 0.450 e. The summed E-state index contributed by atoms with van der Waals surface area (Å²) < 4.78 is 12.2. The van der Waals surface area contributed by atoms with Crippen molar-refractivity contribution in [3.63, 3.8) is 0 Å². The Balaban J connectivity index is 1.91. The molecule has 0 spiro atoms. The summed E-state index contributed by atoms with van der Waals surface area (Å²) in [6.45, 7) is 6.79. The lowest BCUT2D eigenvalue weighted by atomic mass is 10.0. The monoisotopic (exact) mass is 309 g/mol. The molecule has 0 bridgehead atoms. The molecule has 2 rings (SSSR count). The highest BCUT2D eigenvalue weighted by atomic mass is 16.6. The number of hydrogen-bond acceptors (Lipinski definition) is 5. The van der Waals surface area contributed by atoms with E-state index in [0.29, 0.717) is 11.6 Å². The average molecular weight is 309 g/mol. The van der Waals surface area contributed by atoms with Crippen molar-refractivity contribution in [3.05, 3.63) is 12.4 Å². The third-order valence-corrected chi connectivity index (χ3v) is 3.62. The van der Waals surface area contributed by atoms with Crippen LogP contribution in [0.5, 0.6) is 0 Å². The summed E-state index contributed by atoms with van der Waals surface area (Å²) in [5, 5.41) is 6.98. The summed E-state index contributed by atoms with van der Waals surface area (Å²) in [5.74, 6) is -0.321. The molecule has 1 aromatic rings. The SMILES string of the molecule is CC(=O)OC(C)(C)C(=O)Nc1cnn(CC2CCOCC2)c1. The zero-order chi connectivity index (χ0) is 16.2. The number of nitrogens with one attached hydrogen (secondary N) is 1. The molecule has 1 amide bonds. The van der Waals surface area contributed by atoms with Gasteiger partial charge in [0.05, 0.1) is 11.9 Å². The first-order valence-electron chi connectivity index (χ1n) is 7.48. The predicted octanol–water partition coefficient (Wildman–Crippen LogP) is 1.59. The van der Waals surface area contributed by atoms with Crippen molar-refractivity contribution in [1.82, 2.24) is 9.78 Å². The average Bonchev–Trinajstić information content (AvgIpc) is 2.85. The van der Waals surface area contributed by atoms with Crippen molar-refractivity contribution in [3.8, 4) is 0 Å². The molecule has 22 heavy (non-hydrogen) atoms. The summed E-state index contributed by atoms with van der Waals surface area (Å²) in [5.41, 5.74) is -0.619. The van der Waals surface area contributed by atoms with Crippen molar-refractivity contribution in [2.24, 2.45) is 5.92 Å². The number of carbonyl (C=O) groups excluding carboxylic acids is 2. The van der Waals surface area contributed by atoms with Crippen molar-refractivity contribution < 1.29 is 19.1 Å². The number of nitrogens with zero attached hydrogens (tertiary/aromatic N) is 2. The van der Waals surface area contributed by atoms with Crippen LogP contribution in [0.15, 0.2) is 12.4 Å². The van der Waals surface area contributed by atoms with E-state index in [1.165, 1.54) is 6.92 Å². The van der Waals surface area contributed by atoms with Gasteiger partial charge in [0.25, 0.3) is 5.91 Å². The number of aromatic nitrogens is 2. The summed E-state index contributed by atoms with van der Waals surface area (Å²) in [6.07, 6.45) is 5.44. The molecule has 0 atom stereocenters. The van der Waals surface area contributed by atoms with E-state index in [-0.39, 0.29) is 5.91 Å². The summed E-state index contributed by atoms with van der Waals surface area (Å²) in [4.78, 5) is 23.1. The van der Waals surface area contributed by atoms with Crippen LogP contribution >= 0.6 is 0 Å². The van der Waals surface area contributed by atoms with Gasteiger partial charge in [-0.1, -0.05) is 0 Å². The van der Waals surface area contributed by atoms with Crippen LogP contribution in [-0.4, -0.2) is 40.5 Å². The minimum absolute atomic E-state index is 0.381. The lowest BCUT2D eigenvalue weighted by molar-refractivity contribution is -0.160. The molecule has 0 aliphatic carbocycles. The van der Waals surface area contributed by atoms with Gasteiger partial charge in [-0.2, -0.15) is 5.10 Å². The summed E-state index contributed by atoms with van der Waals surface area (Å²) in [7, 11) is 0. The molecule has 7 nitrogen and oxygen atoms in total. The van der Waals surface area contributed by atoms with Gasteiger partial charge in [0.2, 0.25) is 0 Å². The zero-order valence-corrected chi connectivity index (χ0v) is 13.3. The van der Waals surface area contributed by atoms with E-state index >= 15 is 0 Å². The Kier molecular flexibility index (Phi) is 5.18. The van der Waals surface area contributed by atoms with Crippen molar-refractivity contribution in [2.75, 3.05) is 18.5 Å². The van der Waals surface area contributed by atoms with Crippen LogP contribution in [0.25, 0.3) is 0 Å². The Morgan fingerprint density at radius 2 is 2.14 bits per heavy atom. The van der Waals surface area contributed by atoms with Gasteiger partial charge in [-0.25, -0.2) is 0 Å². The minimum atomic E-state index is -1.21. The first-order valence-corrected chi connectivity index (χ1v) is 7.48. The fourth-order valence-corrected chi connectivity index (χ4v) is 2.41. The van der Waals surface area contributed by atoms with Crippen LogP contribution in [-0.2, 0) is 25.6 Å². The Morgan fingerprint density at radius 3 is 2.77 bits per heavy atom. The number of ether oxygens (including phenoxy) is 2. The second-order valence-electron chi connectivity index (χ2n) is 6.06. The Morgan fingerprint density at radius 1 is 1.45 bits per heavy atom. The molecule has 1 aliphatic rings. The van der Waals surface area contributed by atoms with Crippen molar-refractivity contribution >= 4 is 17.6 Å². The number of carbonyl (C=O) groups is 2. The third kappa shape index (κ3) is 4.56. The molecule has 1 aliphatic heterocycles. The highest BCUT2D eigenvalue weighted by Crippen LogP contribution is 2.18. The topological polar surface area (TPSA) is 82.5 Å². The zero-order valence-electron chi connectivity index (χ0n) is 13.3. The van der Waals surface area contributed by atoms with Gasteiger partial charge in [-0.15, -0.1) is 0 Å². The molecule has 7 heteroatoms. The third-order valence-electron chi connectivity index (χ3n) is 3.62.